The van der Waals surface area contributed by atoms with Crippen molar-refractivity contribution in [3.8, 4) is 0 Å². The Kier molecular flexibility index (Phi) is 2.67. The number of carbonyl (C=O) groups is 1. The third-order valence-corrected chi connectivity index (χ3v) is 3.36. The maximum absolute atomic E-state index is 12.2. The minimum absolute atomic E-state index is 0.0649. The predicted octanol–water partition coefficient (Wildman–Crippen LogP) is 2.77. The minimum atomic E-state index is 0.0649. The van der Waals surface area contributed by atoms with Gasteiger partial charge < -0.3 is 0 Å². The van der Waals surface area contributed by atoms with Gasteiger partial charge in [0, 0.05) is 18.3 Å². The zero-order valence-corrected chi connectivity index (χ0v) is 10.2. The van der Waals surface area contributed by atoms with Gasteiger partial charge >= 0.3 is 0 Å². The van der Waals surface area contributed by atoms with Crippen molar-refractivity contribution < 1.29 is 4.79 Å². The Morgan fingerprint density at radius 3 is 2.50 bits per heavy atom. The highest BCUT2D eigenvalue weighted by Gasteiger charge is 2.44. The Balaban J connectivity index is 1.75. The van der Waals surface area contributed by atoms with Crippen LogP contribution in [0.3, 0.4) is 0 Å². The van der Waals surface area contributed by atoms with Crippen LogP contribution in [0, 0.1) is 12.8 Å². The van der Waals surface area contributed by atoms with Crippen LogP contribution >= 0.6 is 0 Å². The quantitative estimate of drug-likeness (QED) is 0.772. The summed E-state index contributed by atoms with van der Waals surface area (Å²) >= 11 is 0. The highest BCUT2D eigenvalue weighted by atomic mass is 16.1. The molecule has 2 unspecified atom stereocenters. The lowest BCUT2D eigenvalue weighted by Gasteiger charge is -2.00. The van der Waals surface area contributed by atoms with E-state index in [4.69, 9.17) is 0 Å². The normalized spacial score (nSPS) is 21.6. The molecule has 1 aromatic carbocycles. The van der Waals surface area contributed by atoms with Crippen LogP contribution < -0.4 is 0 Å². The molecule has 1 saturated carbocycles. The fourth-order valence-corrected chi connectivity index (χ4v) is 2.24. The molecule has 3 heteroatoms. The first-order valence-electron chi connectivity index (χ1n) is 6.13. The maximum Gasteiger partial charge on any atom is 0.203 e. The van der Waals surface area contributed by atoms with Crippen molar-refractivity contribution in [2.45, 2.75) is 19.3 Å². The van der Waals surface area contributed by atoms with Gasteiger partial charge in [0.15, 0.2) is 5.82 Å². The van der Waals surface area contributed by atoms with E-state index in [0.717, 1.165) is 12.0 Å². The van der Waals surface area contributed by atoms with Gasteiger partial charge in [-0.1, -0.05) is 30.3 Å². The number of ketones is 1. The van der Waals surface area contributed by atoms with E-state index in [1.165, 1.54) is 5.56 Å². The second kappa shape index (κ2) is 4.33. The van der Waals surface area contributed by atoms with Gasteiger partial charge in [-0.3, -0.25) is 4.79 Å². The minimum Gasteiger partial charge on any atom is -0.290 e. The van der Waals surface area contributed by atoms with Gasteiger partial charge in [0.2, 0.25) is 5.78 Å². The van der Waals surface area contributed by atoms with E-state index < -0.39 is 0 Å². The summed E-state index contributed by atoms with van der Waals surface area (Å²) in [5, 5.41) is 0. The Morgan fingerprint density at radius 1 is 1.17 bits per heavy atom. The average Bonchev–Trinajstić information content (AvgIpc) is 3.20. The summed E-state index contributed by atoms with van der Waals surface area (Å²) in [6.07, 6.45) is 4.31. The number of aryl methyl sites for hydroxylation is 1. The van der Waals surface area contributed by atoms with E-state index in [1.807, 2.05) is 25.1 Å². The first kappa shape index (κ1) is 11.1. The Labute approximate surface area is 106 Å². The Bertz CT molecular complexity index is 563. The number of carbonyl (C=O) groups excluding carboxylic acids is 1. The second-order valence-electron chi connectivity index (χ2n) is 4.81. The largest absolute Gasteiger partial charge is 0.290 e. The molecular formula is C15H14N2O. The standard InChI is InChI=1S/C15H14N2O/c1-10-8-16-15(17-9-10)14(18)13-7-12(13)11-5-3-2-4-6-11/h2-6,8-9,12-13H,7H2,1H3. The van der Waals surface area contributed by atoms with E-state index in [-0.39, 0.29) is 11.7 Å². The molecule has 1 aromatic heterocycles. The first-order chi connectivity index (χ1) is 8.75. The lowest BCUT2D eigenvalue weighted by molar-refractivity contribution is 0.0955. The van der Waals surface area contributed by atoms with E-state index in [2.05, 4.69) is 22.1 Å². The lowest BCUT2D eigenvalue weighted by atomic mass is 10.1. The smallest absolute Gasteiger partial charge is 0.203 e. The lowest BCUT2D eigenvalue weighted by Crippen LogP contribution is -2.08. The van der Waals surface area contributed by atoms with Crippen LogP contribution in [0.2, 0.25) is 0 Å². The molecule has 0 saturated heterocycles. The highest BCUT2D eigenvalue weighted by molar-refractivity contribution is 5.97. The Hall–Kier alpha value is -2.03. The monoisotopic (exact) mass is 238 g/mol. The van der Waals surface area contributed by atoms with Gasteiger partial charge in [-0.2, -0.15) is 0 Å². The molecule has 3 rings (SSSR count). The molecule has 1 aliphatic rings. The van der Waals surface area contributed by atoms with Gasteiger partial charge in [0.1, 0.15) is 0 Å². The molecule has 2 aromatic rings. The molecule has 1 heterocycles. The fraction of sp³-hybridized carbons (Fsp3) is 0.267. The van der Waals surface area contributed by atoms with E-state index >= 15 is 0 Å². The fourth-order valence-electron chi connectivity index (χ4n) is 2.24. The zero-order chi connectivity index (χ0) is 12.5. The van der Waals surface area contributed by atoms with E-state index in [1.54, 1.807) is 12.4 Å². The number of Topliss-reactive ketones (excluding diaryl/α,β-unsaturated/α-hetero) is 1. The summed E-state index contributed by atoms with van der Waals surface area (Å²) in [5.74, 6) is 0.839. The van der Waals surface area contributed by atoms with Crippen LogP contribution in [0.15, 0.2) is 42.7 Å². The Morgan fingerprint density at radius 2 is 1.83 bits per heavy atom. The highest BCUT2D eigenvalue weighted by Crippen LogP contribution is 2.48. The molecule has 18 heavy (non-hydrogen) atoms. The van der Waals surface area contributed by atoms with Crippen LogP contribution in [0.25, 0.3) is 0 Å². The van der Waals surface area contributed by atoms with Crippen molar-refractivity contribution >= 4 is 5.78 Å². The number of aromatic nitrogens is 2. The maximum atomic E-state index is 12.2. The third-order valence-electron chi connectivity index (χ3n) is 3.36. The van der Waals surface area contributed by atoms with Crippen LogP contribution in [0.5, 0.6) is 0 Å². The summed E-state index contributed by atoms with van der Waals surface area (Å²) in [5.41, 5.74) is 2.21. The number of benzene rings is 1. The molecular weight excluding hydrogens is 224 g/mol. The predicted molar refractivity (Wildman–Crippen MR) is 68.4 cm³/mol. The molecule has 3 nitrogen and oxygen atoms in total. The van der Waals surface area contributed by atoms with E-state index in [0.29, 0.717) is 11.7 Å². The number of nitrogens with zero attached hydrogens (tertiary/aromatic N) is 2. The molecule has 1 aliphatic carbocycles. The van der Waals surface area contributed by atoms with Gasteiger partial charge in [0.05, 0.1) is 0 Å². The van der Waals surface area contributed by atoms with Crippen molar-refractivity contribution in [1.82, 2.24) is 9.97 Å². The molecule has 2 atom stereocenters. The van der Waals surface area contributed by atoms with Gasteiger partial charge in [-0.05, 0) is 30.4 Å². The van der Waals surface area contributed by atoms with Crippen LogP contribution in [-0.2, 0) is 0 Å². The summed E-state index contributed by atoms with van der Waals surface area (Å²) in [6.45, 7) is 1.91. The molecule has 0 bridgehead atoms. The molecule has 0 N–H and O–H groups in total. The molecule has 1 fully saturated rings. The average molecular weight is 238 g/mol. The number of hydrogen-bond acceptors (Lipinski definition) is 3. The SMILES string of the molecule is Cc1cnc(C(=O)C2CC2c2ccccc2)nc1. The van der Waals surface area contributed by atoms with Crippen molar-refractivity contribution in [2.24, 2.45) is 5.92 Å². The first-order valence-corrected chi connectivity index (χ1v) is 6.13. The summed E-state index contributed by atoms with van der Waals surface area (Å²) < 4.78 is 0. The van der Waals surface area contributed by atoms with Gasteiger partial charge in [-0.25, -0.2) is 9.97 Å². The van der Waals surface area contributed by atoms with Crippen molar-refractivity contribution in [1.29, 1.82) is 0 Å². The molecule has 0 amide bonds. The topological polar surface area (TPSA) is 42.9 Å². The summed E-state index contributed by atoms with van der Waals surface area (Å²) in [7, 11) is 0. The van der Waals surface area contributed by atoms with Gasteiger partial charge in [0.25, 0.3) is 0 Å². The van der Waals surface area contributed by atoms with Gasteiger partial charge in [-0.15, -0.1) is 0 Å². The van der Waals surface area contributed by atoms with Crippen molar-refractivity contribution in [2.75, 3.05) is 0 Å². The van der Waals surface area contributed by atoms with Crippen LogP contribution in [-0.4, -0.2) is 15.8 Å². The number of rotatable bonds is 3. The van der Waals surface area contributed by atoms with Crippen molar-refractivity contribution in [3.05, 3.63) is 59.7 Å². The molecule has 0 aliphatic heterocycles. The molecule has 90 valence electrons. The third kappa shape index (κ3) is 2.04. The number of hydrogen-bond donors (Lipinski definition) is 0. The zero-order valence-electron chi connectivity index (χ0n) is 10.2. The molecule has 0 spiro atoms. The summed E-state index contributed by atoms with van der Waals surface area (Å²) in [6, 6.07) is 10.2. The van der Waals surface area contributed by atoms with Crippen LogP contribution in [0.1, 0.15) is 34.1 Å². The second-order valence-corrected chi connectivity index (χ2v) is 4.81. The van der Waals surface area contributed by atoms with Crippen LogP contribution in [0.4, 0.5) is 0 Å². The van der Waals surface area contributed by atoms with Crippen molar-refractivity contribution in [3.63, 3.8) is 0 Å². The van der Waals surface area contributed by atoms with E-state index in [9.17, 15) is 4.79 Å². The molecule has 0 radical (unpaired) electrons. The summed E-state index contributed by atoms with van der Waals surface area (Å²) in [4.78, 5) is 20.4.